The third-order valence-electron chi connectivity index (χ3n) is 4.15. The molecule has 0 aliphatic rings. The first kappa shape index (κ1) is 25.2. The molecule has 0 fully saturated rings. The number of halogens is 1. The largest absolute Gasteiger partial charge is 0.416 e. The molecule has 0 aliphatic heterocycles. The summed E-state index contributed by atoms with van der Waals surface area (Å²) in [5, 5.41) is 11.3. The Morgan fingerprint density at radius 1 is 1.10 bits per heavy atom. The molecule has 4 nitrogen and oxygen atoms in total. The molecule has 1 amide bonds. The molecule has 0 saturated heterocycles. The van der Waals surface area contributed by atoms with E-state index in [1.54, 1.807) is 24.0 Å². The van der Waals surface area contributed by atoms with Crippen LogP contribution in [-0.4, -0.2) is 33.8 Å². The number of carbonyl (C=O) groups excluding carboxylic acids is 1. The summed E-state index contributed by atoms with van der Waals surface area (Å²) in [4.78, 5) is 14.5. The predicted molar refractivity (Wildman–Crippen MR) is 124 cm³/mol. The molecule has 0 aliphatic carbocycles. The van der Waals surface area contributed by atoms with Gasteiger partial charge in [0.25, 0.3) is 0 Å². The van der Waals surface area contributed by atoms with E-state index < -0.39 is 11.7 Å². The highest BCUT2D eigenvalue weighted by Crippen LogP contribution is 2.33. The molecule has 0 heterocycles. The van der Waals surface area contributed by atoms with Crippen LogP contribution in [0.25, 0.3) is 6.08 Å². The van der Waals surface area contributed by atoms with Crippen molar-refractivity contribution in [1.82, 2.24) is 4.90 Å². The lowest BCUT2D eigenvalue weighted by Gasteiger charge is -2.32. The van der Waals surface area contributed by atoms with Crippen LogP contribution >= 0.6 is 15.9 Å². The fourth-order valence-electron chi connectivity index (χ4n) is 2.65. The SMILES string of the molecule is CC(C)N(C(=O)OC(=C=CC(C)(C)C)[C@@](C)(O)/C(Br)=C/c1ccccc1)C(C)C. The van der Waals surface area contributed by atoms with Crippen molar-refractivity contribution in [3.63, 3.8) is 0 Å². The highest BCUT2D eigenvalue weighted by molar-refractivity contribution is 9.11. The van der Waals surface area contributed by atoms with Crippen molar-refractivity contribution in [1.29, 1.82) is 0 Å². The van der Waals surface area contributed by atoms with Gasteiger partial charge in [0.05, 0.1) is 0 Å². The second-order valence-electron chi connectivity index (χ2n) is 8.92. The van der Waals surface area contributed by atoms with Gasteiger partial charge in [-0.15, -0.1) is 0 Å². The zero-order valence-corrected chi connectivity index (χ0v) is 20.4. The number of amides is 1. The summed E-state index contributed by atoms with van der Waals surface area (Å²) < 4.78 is 6.16. The van der Waals surface area contributed by atoms with Gasteiger partial charge in [0.1, 0.15) is 0 Å². The van der Waals surface area contributed by atoms with Gasteiger partial charge in [-0.3, -0.25) is 0 Å². The van der Waals surface area contributed by atoms with Crippen LogP contribution in [0.4, 0.5) is 4.79 Å². The molecule has 1 aromatic rings. The summed E-state index contributed by atoms with van der Waals surface area (Å²) in [5.74, 6) is 0.0442. The minimum Gasteiger partial charge on any atom is -0.403 e. The Balaban J connectivity index is 3.40. The van der Waals surface area contributed by atoms with E-state index in [1.807, 2.05) is 78.8 Å². The number of hydrogen-bond donors (Lipinski definition) is 1. The first-order valence-electron chi connectivity index (χ1n) is 9.89. The number of nitrogens with zero attached hydrogens (tertiary/aromatic N) is 1. The molecule has 5 heteroatoms. The molecule has 0 radical (unpaired) electrons. The van der Waals surface area contributed by atoms with Crippen molar-refractivity contribution in [3.8, 4) is 0 Å². The minimum absolute atomic E-state index is 0.0383. The highest BCUT2D eigenvalue weighted by Gasteiger charge is 2.35. The summed E-state index contributed by atoms with van der Waals surface area (Å²) in [7, 11) is 0. The Hall–Kier alpha value is -1.81. The van der Waals surface area contributed by atoms with Gasteiger partial charge in [0.2, 0.25) is 0 Å². The third-order valence-corrected chi connectivity index (χ3v) is 5.15. The van der Waals surface area contributed by atoms with E-state index in [4.69, 9.17) is 4.74 Å². The quantitative estimate of drug-likeness (QED) is 0.386. The summed E-state index contributed by atoms with van der Waals surface area (Å²) in [6.07, 6.45) is 3.08. The van der Waals surface area contributed by atoms with Crippen LogP contribution in [0.2, 0.25) is 0 Å². The van der Waals surface area contributed by atoms with Crippen LogP contribution in [0.5, 0.6) is 0 Å². The number of aliphatic hydroxyl groups is 1. The Morgan fingerprint density at radius 3 is 2.07 bits per heavy atom. The monoisotopic (exact) mass is 463 g/mol. The van der Waals surface area contributed by atoms with Gasteiger partial charge in [-0.25, -0.2) is 4.79 Å². The molecule has 1 atom stereocenters. The molecule has 0 spiro atoms. The number of benzene rings is 1. The van der Waals surface area contributed by atoms with E-state index in [9.17, 15) is 9.90 Å². The van der Waals surface area contributed by atoms with Crippen molar-refractivity contribution in [2.45, 2.75) is 73.1 Å². The van der Waals surface area contributed by atoms with E-state index in [2.05, 4.69) is 21.7 Å². The normalized spacial score (nSPS) is 14.3. The van der Waals surface area contributed by atoms with Gasteiger partial charge < -0.3 is 14.7 Å². The Morgan fingerprint density at radius 2 is 1.62 bits per heavy atom. The second-order valence-corrected chi connectivity index (χ2v) is 9.78. The molecule has 1 N–H and O–H groups in total. The maximum absolute atomic E-state index is 12.9. The van der Waals surface area contributed by atoms with Gasteiger partial charge in [0, 0.05) is 16.6 Å². The first-order chi connectivity index (χ1) is 13.3. The summed E-state index contributed by atoms with van der Waals surface area (Å²) >= 11 is 3.47. The maximum atomic E-state index is 12.9. The zero-order chi connectivity index (χ0) is 22.4. The average molecular weight is 464 g/mol. The van der Waals surface area contributed by atoms with Gasteiger partial charge in [-0.1, -0.05) is 72.8 Å². The molecule has 1 aromatic carbocycles. The fraction of sp³-hybridized carbons (Fsp3) is 0.500. The third kappa shape index (κ3) is 7.85. The summed E-state index contributed by atoms with van der Waals surface area (Å²) in [5.41, 5.74) is 2.17. The average Bonchev–Trinajstić information content (AvgIpc) is 2.57. The number of carbonyl (C=O) groups is 1. The molecule has 0 bridgehead atoms. The second kappa shape index (κ2) is 10.3. The van der Waals surface area contributed by atoms with Crippen LogP contribution in [0, 0.1) is 5.41 Å². The highest BCUT2D eigenvalue weighted by atomic mass is 79.9. The molecule has 0 aromatic heterocycles. The Kier molecular flexibility index (Phi) is 8.95. The van der Waals surface area contributed by atoms with Crippen LogP contribution in [0.3, 0.4) is 0 Å². The molecular weight excluding hydrogens is 430 g/mol. The van der Waals surface area contributed by atoms with Crippen LogP contribution in [0.15, 0.2) is 52.4 Å². The van der Waals surface area contributed by atoms with E-state index in [0.29, 0.717) is 4.48 Å². The van der Waals surface area contributed by atoms with Gasteiger partial charge >= 0.3 is 6.09 Å². The van der Waals surface area contributed by atoms with E-state index in [1.165, 1.54) is 0 Å². The Labute approximate surface area is 184 Å². The van der Waals surface area contributed by atoms with E-state index in [-0.39, 0.29) is 23.3 Å². The fourth-order valence-corrected chi connectivity index (χ4v) is 3.10. The summed E-state index contributed by atoms with van der Waals surface area (Å²) in [6.45, 7) is 15.3. The van der Waals surface area contributed by atoms with Crippen molar-refractivity contribution in [3.05, 3.63) is 57.9 Å². The smallest absolute Gasteiger partial charge is 0.403 e. The molecule has 0 unspecified atom stereocenters. The van der Waals surface area contributed by atoms with Crippen LogP contribution in [-0.2, 0) is 4.74 Å². The predicted octanol–water partition coefficient (Wildman–Crippen LogP) is 6.51. The zero-order valence-electron chi connectivity index (χ0n) is 18.8. The molecule has 0 saturated carbocycles. The molecule has 160 valence electrons. The van der Waals surface area contributed by atoms with Crippen LogP contribution in [0.1, 0.15) is 61.0 Å². The van der Waals surface area contributed by atoms with Crippen molar-refractivity contribution < 1.29 is 14.6 Å². The molecule has 1 rings (SSSR count). The lowest BCUT2D eigenvalue weighted by Crippen LogP contribution is -2.43. The lowest BCUT2D eigenvalue weighted by molar-refractivity contribution is 0.0520. The number of rotatable bonds is 6. The topological polar surface area (TPSA) is 49.8 Å². The van der Waals surface area contributed by atoms with Crippen LogP contribution < -0.4 is 0 Å². The lowest BCUT2D eigenvalue weighted by atomic mass is 9.95. The van der Waals surface area contributed by atoms with Gasteiger partial charge in [-0.05, 0) is 57.7 Å². The van der Waals surface area contributed by atoms with Crippen molar-refractivity contribution in [2.24, 2.45) is 5.41 Å². The standard InChI is InChI=1S/C24H34BrNO3/c1-17(2)26(18(3)4)22(27)29-21(14-15-23(5,6)7)24(8,28)20(25)16-19-12-10-9-11-13-19/h9-13,15-18,28H,1-8H3/b20-16-/t14?,24-/m0/s1. The molecule has 29 heavy (non-hydrogen) atoms. The van der Waals surface area contributed by atoms with Gasteiger partial charge in [-0.2, -0.15) is 0 Å². The van der Waals surface area contributed by atoms with Crippen molar-refractivity contribution >= 4 is 28.1 Å². The van der Waals surface area contributed by atoms with Crippen molar-refractivity contribution in [2.75, 3.05) is 0 Å². The van der Waals surface area contributed by atoms with E-state index in [0.717, 1.165) is 5.56 Å². The molecular formula is C24H34BrNO3. The minimum atomic E-state index is -1.58. The maximum Gasteiger partial charge on any atom is 0.416 e. The number of ether oxygens (including phenoxy) is 1. The first-order valence-corrected chi connectivity index (χ1v) is 10.7. The van der Waals surface area contributed by atoms with E-state index >= 15 is 0 Å². The number of hydrogen-bond acceptors (Lipinski definition) is 3. The summed E-state index contributed by atoms with van der Waals surface area (Å²) in [6, 6.07) is 9.54. The van der Waals surface area contributed by atoms with Gasteiger partial charge in [0.15, 0.2) is 11.4 Å². The Bertz CT molecular complexity index is 772.